The van der Waals surface area contributed by atoms with Crippen LogP contribution in [0.5, 0.6) is 5.75 Å². The number of anilines is 1. The second kappa shape index (κ2) is 5.08. The Bertz CT molecular complexity index is 472. The van der Waals surface area contributed by atoms with Crippen LogP contribution >= 0.6 is 0 Å². The molecule has 1 amide bonds. The molecule has 5 heteroatoms. The molecule has 1 fully saturated rings. The second-order valence-electron chi connectivity index (χ2n) is 4.24. The highest BCUT2D eigenvalue weighted by atomic mass is 16.5. The van der Waals surface area contributed by atoms with Gasteiger partial charge in [-0.25, -0.2) is 4.79 Å². The summed E-state index contributed by atoms with van der Waals surface area (Å²) < 4.78 is 5.27. The molecule has 0 unspecified atom stereocenters. The first-order valence-corrected chi connectivity index (χ1v) is 5.88. The summed E-state index contributed by atoms with van der Waals surface area (Å²) in [5, 5.41) is 8.78. The zero-order chi connectivity index (χ0) is 13.1. The Hall–Kier alpha value is -2.04. The van der Waals surface area contributed by atoms with Crippen LogP contribution in [0.25, 0.3) is 0 Å². The molecule has 1 atom stereocenters. The van der Waals surface area contributed by atoms with Crippen molar-refractivity contribution < 1.29 is 19.4 Å². The Morgan fingerprint density at radius 1 is 1.50 bits per heavy atom. The quantitative estimate of drug-likeness (QED) is 0.881. The van der Waals surface area contributed by atoms with Crippen molar-refractivity contribution in [3.8, 4) is 5.75 Å². The van der Waals surface area contributed by atoms with Crippen LogP contribution in [0.4, 0.5) is 5.69 Å². The van der Waals surface area contributed by atoms with Crippen LogP contribution in [0.2, 0.25) is 0 Å². The summed E-state index contributed by atoms with van der Waals surface area (Å²) >= 11 is 0. The molecule has 1 N–H and O–H groups in total. The van der Waals surface area contributed by atoms with Crippen molar-refractivity contribution in [2.24, 2.45) is 0 Å². The zero-order valence-corrected chi connectivity index (χ0v) is 10.1. The Labute approximate surface area is 105 Å². The molecule has 0 bridgehead atoms. The lowest BCUT2D eigenvalue weighted by Crippen LogP contribution is -2.25. The highest BCUT2D eigenvalue weighted by Gasteiger charge is 2.22. The summed E-state index contributed by atoms with van der Waals surface area (Å²) in [7, 11) is 0. The average Bonchev–Trinajstić information content (AvgIpc) is 2.75. The minimum Gasteiger partial charge on any atom is -0.479 e. The smallest absolute Gasteiger partial charge is 0.344 e. The molecular formula is C13H15NO4. The average molecular weight is 249 g/mol. The summed E-state index contributed by atoms with van der Waals surface area (Å²) in [5.41, 5.74) is 0.757. The highest BCUT2D eigenvalue weighted by Crippen LogP contribution is 2.25. The first-order chi connectivity index (χ1) is 8.58. The number of ether oxygens (including phenoxy) is 1. The maximum atomic E-state index is 11.6. The summed E-state index contributed by atoms with van der Waals surface area (Å²) in [4.78, 5) is 24.0. The molecule has 0 spiro atoms. The van der Waals surface area contributed by atoms with Crippen LogP contribution in [-0.2, 0) is 9.59 Å². The number of benzene rings is 1. The van der Waals surface area contributed by atoms with E-state index >= 15 is 0 Å². The molecular weight excluding hydrogens is 234 g/mol. The maximum Gasteiger partial charge on any atom is 0.344 e. The largest absolute Gasteiger partial charge is 0.479 e. The van der Waals surface area contributed by atoms with E-state index in [4.69, 9.17) is 9.84 Å². The van der Waals surface area contributed by atoms with Gasteiger partial charge in [-0.15, -0.1) is 0 Å². The van der Waals surface area contributed by atoms with Gasteiger partial charge in [-0.1, -0.05) is 6.07 Å². The van der Waals surface area contributed by atoms with Gasteiger partial charge in [0, 0.05) is 24.7 Å². The summed E-state index contributed by atoms with van der Waals surface area (Å²) in [6.07, 6.45) is 0.515. The number of carbonyl (C=O) groups excluding carboxylic acids is 1. The van der Waals surface area contributed by atoms with Gasteiger partial charge in [-0.3, -0.25) is 4.79 Å². The lowest BCUT2D eigenvalue weighted by molar-refractivity contribution is -0.144. The maximum absolute atomic E-state index is 11.6. The molecule has 1 aliphatic heterocycles. The number of hydrogen-bond acceptors (Lipinski definition) is 3. The molecule has 0 saturated carbocycles. The van der Waals surface area contributed by atoms with Crippen LogP contribution in [-0.4, -0.2) is 29.6 Å². The van der Waals surface area contributed by atoms with Crippen LogP contribution in [0.1, 0.15) is 19.8 Å². The number of hydrogen-bond donors (Lipinski definition) is 1. The minimum atomic E-state index is -1.02. The number of carboxylic acid groups (broad SMARTS) is 1. The number of nitrogens with zero attached hydrogens (tertiary/aromatic N) is 1. The molecule has 5 nitrogen and oxygen atoms in total. The van der Waals surface area contributed by atoms with Gasteiger partial charge in [0.05, 0.1) is 0 Å². The fraction of sp³-hybridized carbons (Fsp3) is 0.385. The minimum absolute atomic E-state index is 0.0958. The van der Waals surface area contributed by atoms with E-state index in [0.29, 0.717) is 18.7 Å². The van der Waals surface area contributed by atoms with E-state index in [1.54, 1.807) is 23.1 Å². The van der Waals surface area contributed by atoms with Gasteiger partial charge >= 0.3 is 5.97 Å². The van der Waals surface area contributed by atoms with Gasteiger partial charge < -0.3 is 14.7 Å². The zero-order valence-electron chi connectivity index (χ0n) is 10.1. The van der Waals surface area contributed by atoms with Crippen LogP contribution in [0, 0.1) is 0 Å². The molecule has 96 valence electrons. The predicted octanol–water partition coefficient (Wildman–Crippen LogP) is 1.67. The fourth-order valence-electron chi connectivity index (χ4n) is 1.90. The van der Waals surface area contributed by atoms with Crippen molar-refractivity contribution in [3.05, 3.63) is 24.3 Å². The van der Waals surface area contributed by atoms with E-state index in [-0.39, 0.29) is 5.91 Å². The van der Waals surface area contributed by atoms with Gasteiger partial charge in [0.1, 0.15) is 5.75 Å². The summed E-state index contributed by atoms with van der Waals surface area (Å²) in [5.74, 6) is -0.460. The normalized spacial score (nSPS) is 16.7. The molecule has 18 heavy (non-hydrogen) atoms. The second-order valence-corrected chi connectivity index (χ2v) is 4.24. The number of amides is 1. The molecule has 1 saturated heterocycles. The van der Waals surface area contributed by atoms with Crippen molar-refractivity contribution in [1.29, 1.82) is 0 Å². The Morgan fingerprint density at radius 3 is 2.89 bits per heavy atom. The third-order valence-electron chi connectivity index (χ3n) is 2.86. The van der Waals surface area contributed by atoms with Gasteiger partial charge in [0.2, 0.25) is 5.91 Å². The third-order valence-corrected chi connectivity index (χ3v) is 2.86. The monoisotopic (exact) mass is 249 g/mol. The van der Waals surface area contributed by atoms with Gasteiger partial charge in [-0.2, -0.15) is 0 Å². The Balaban J connectivity index is 2.14. The third kappa shape index (κ3) is 2.61. The van der Waals surface area contributed by atoms with Gasteiger partial charge in [0.15, 0.2) is 6.10 Å². The molecule has 1 aromatic carbocycles. The van der Waals surface area contributed by atoms with Crippen molar-refractivity contribution in [1.82, 2.24) is 0 Å². The highest BCUT2D eigenvalue weighted by molar-refractivity contribution is 5.95. The van der Waals surface area contributed by atoms with Crippen molar-refractivity contribution in [2.45, 2.75) is 25.9 Å². The molecule has 1 aliphatic rings. The van der Waals surface area contributed by atoms with E-state index in [1.807, 2.05) is 6.07 Å². The topological polar surface area (TPSA) is 66.8 Å². The van der Waals surface area contributed by atoms with Crippen molar-refractivity contribution in [2.75, 3.05) is 11.4 Å². The summed E-state index contributed by atoms with van der Waals surface area (Å²) in [6, 6.07) is 6.96. The number of carbonyl (C=O) groups is 2. The molecule has 2 rings (SSSR count). The Kier molecular flexibility index (Phi) is 3.50. The number of rotatable bonds is 4. The van der Waals surface area contributed by atoms with Crippen LogP contribution in [0.15, 0.2) is 24.3 Å². The van der Waals surface area contributed by atoms with Crippen molar-refractivity contribution >= 4 is 17.6 Å². The van der Waals surface area contributed by atoms with Gasteiger partial charge in [-0.05, 0) is 25.5 Å². The van der Waals surface area contributed by atoms with Crippen LogP contribution < -0.4 is 9.64 Å². The molecule has 0 radical (unpaired) electrons. The first kappa shape index (κ1) is 12.4. The first-order valence-electron chi connectivity index (χ1n) is 5.88. The molecule has 0 aromatic heterocycles. The van der Waals surface area contributed by atoms with E-state index < -0.39 is 12.1 Å². The standard InChI is InChI=1S/C13H15NO4/c1-9(13(16)17)18-11-5-2-4-10(8-11)14-7-3-6-12(14)15/h2,4-5,8-9H,3,6-7H2,1H3,(H,16,17)/t9-/m0/s1. The summed E-state index contributed by atoms with van der Waals surface area (Å²) in [6.45, 7) is 2.17. The Morgan fingerprint density at radius 2 is 2.28 bits per heavy atom. The molecule has 1 heterocycles. The van der Waals surface area contributed by atoms with E-state index in [1.165, 1.54) is 6.92 Å². The van der Waals surface area contributed by atoms with Gasteiger partial charge in [0.25, 0.3) is 0 Å². The predicted molar refractivity (Wildman–Crippen MR) is 65.8 cm³/mol. The number of aliphatic carboxylic acids is 1. The lowest BCUT2D eigenvalue weighted by atomic mass is 10.2. The van der Waals surface area contributed by atoms with E-state index in [0.717, 1.165) is 12.1 Å². The lowest BCUT2D eigenvalue weighted by Gasteiger charge is -2.17. The van der Waals surface area contributed by atoms with Crippen molar-refractivity contribution in [3.63, 3.8) is 0 Å². The van der Waals surface area contributed by atoms with Crippen LogP contribution in [0.3, 0.4) is 0 Å². The SMILES string of the molecule is C[C@H](Oc1cccc(N2CCCC2=O)c1)C(=O)O. The molecule has 1 aromatic rings. The van der Waals surface area contributed by atoms with E-state index in [2.05, 4.69) is 0 Å². The molecule has 0 aliphatic carbocycles. The number of carboxylic acids is 1. The fourth-order valence-corrected chi connectivity index (χ4v) is 1.90. The van der Waals surface area contributed by atoms with E-state index in [9.17, 15) is 9.59 Å².